The highest BCUT2D eigenvalue weighted by molar-refractivity contribution is 8.33. The molecule has 0 radical (unpaired) electrons. The van der Waals surface area contributed by atoms with Crippen molar-refractivity contribution in [2.45, 2.75) is 146 Å². The van der Waals surface area contributed by atoms with Crippen LogP contribution in [0.1, 0.15) is 89.4 Å². The highest BCUT2D eigenvalue weighted by Gasteiger charge is 2.56. The number of hydrogen-bond acceptors (Lipinski definition) is 22. The van der Waals surface area contributed by atoms with Gasteiger partial charge in [-0.15, -0.1) is 17.9 Å². The molecule has 0 bridgehead atoms. The van der Waals surface area contributed by atoms with Crippen molar-refractivity contribution in [1.29, 1.82) is 0 Å². The highest BCUT2D eigenvalue weighted by Crippen LogP contribution is 2.49. The number of rotatable bonds is 19. The lowest BCUT2D eigenvalue weighted by Gasteiger charge is -2.37. The van der Waals surface area contributed by atoms with Crippen molar-refractivity contribution in [3.63, 3.8) is 0 Å². The molecule has 476 valence electrons. The zero-order chi connectivity index (χ0) is 62.1. The van der Waals surface area contributed by atoms with Crippen LogP contribution in [0.2, 0.25) is 0 Å². The molecule has 4 aromatic carbocycles. The Kier molecular flexibility index (Phi) is 22.8. The number of aromatic nitrogens is 8. The molecule has 0 amide bonds. The van der Waals surface area contributed by atoms with E-state index in [9.17, 15) is 24.7 Å². The van der Waals surface area contributed by atoms with Crippen LogP contribution < -0.4 is 25.4 Å². The summed E-state index contributed by atoms with van der Waals surface area (Å²) in [6.45, 7) is 3.83. The van der Waals surface area contributed by atoms with E-state index in [1.807, 2.05) is 48.5 Å². The Morgan fingerprint density at radius 3 is 1.87 bits per heavy atom. The predicted molar refractivity (Wildman–Crippen MR) is 342 cm³/mol. The second-order valence-corrected chi connectivity index (χ2v) is 27.3. The van der Waals surface area contributed by atoms with Gasteiger partial charge in [-0.05, 0) is 87.4 Å². The number of carbonyl (C=O) groups excluding carboxylic acids is 1. The van der Waals surface area contributed by atoms with Gasteiger partial charge in [-0.3, -0.25) is 18.5 Å². The maximum atomic E-state index is 14.1. The van der Waals surface area contributed by atoms with Crippen LogP contribution in [0.15, 0.2) is 141 Å². The SMILES string of the molecule is C.COc1ccc(C(Nc2ncnc3c2ncn3[C@@H]2O[C@H]([C@H](C)O)[C@H]3OC(OC)O[C@H]32)(c2ccccc2)c2ccccc2)cc1.C[C@H](NP(=O)(Oc1ccccc1)O[C@@H](C)[C@H]1O[C@@H](n2cnc3c(N)ncnc32)[C@H](O)[C@@H]1O)C(=O)OC1CCCCC1.PPP. The van der Waals surface area contributed by atoms with Crippen LogP contribution in [0, 0.1) is 0 Å². The molecule has 7 heterocycles. The average molecular weight is 1300 g/mol. The standard InChI is InChI=1S/C33H33N5O6.C26H35N6O8P.CH4.H5P3/c1-20(39)26-27-28(44-32(41-3)43-27)31(42-26)38-19-36-25-29(34-18-35-30(25)38)37-33(21-10-6-4-7-11-21,22-12-8-5-9-13-22)23-14-16-24(40-2)17-15-23;1-15(26(35)37-17-9-5-3-6-10-17)31-41(36,40-18-11-7-4-8-12-18)39-16(2)22-20(33)21(34)25(38-22)32-14-30-19-23(27)28-13-29-24(19)32;;1-3-2/h4-20,26-28,31-32,39H,1-3H3,(H,34,35,37);4,7-8,11-17,20-22,25,33-34H,3,5-6,9-10H2,1-2H3,(H,31,36)(H2,27,28,29);1H4;3H,1-2H2/t20-,26+,27+,28+,31+,32?;15-,16-,20-,21+,22+,25+,41?;;/m00../s1. The average Bonchev–Trinajstić information content (AvgIpc) is 2.02. The van der Waals surface area contributed by atoms with Crippen molar-refractivity contribution >= 4 is 73.5 Å². The summed E-state index contributed by atoms with van der Waals surface area (Å²) in [6.07, 6.45) is 0.905. The van der Waals surface area contributed by atoms with Gasteiger partial charge in [0, 0.05) is 7.11 Å². The molecule has 4 fully saturated rings. The summed E-state index contributed by atoms with van der Waals surface area (Å²) in [5, 5.41) is 38.7. The zero-order valence-electron chi connectivity index (χ0n) is 48.9. The smallest absolute Gasteiger partial charge is 0.459 e. The lowest BCUT2D eigenvalue weighted by atomic mass is 9.77. The van der Waals surface area contributed by atoms with Crippen LogP contribution in [0.4, 0.5) is 11.6 Å². The van der Waals surface area contributed by atoms with Gasteiger partial charge in [0.25, 0.3) is 6.48 Å². The molecule has 4 aliphatic rings. The molecule has 0 spiro atoms. The molecular formula is C60H77N11O14P4. The number of fused-ring (bicyclic) bond motifs is 3. The van der Waals surface area contributed by atoms with Gasteiger partial charge < -0.3 is 64.1 Å². The Balaban J connectivity index is 0.000000201. The first-order chi connectivity index (χ1) is 42.6. The number of carbonyl (C=O) groups is 1. The van der Waals surface area contributed by atoms with Crippen molar-refractivity contribution in [3.8, 4) is 11.5 Å². The summed E-state index contributed by atoms with van der Waals surface area (Å²) < 4.78 is 69.5. The zero-order valence-corrected chi connectivity index (χ0v) is 53.1. The Hall–Kier alpha value is -6.23. The minimum atomic E-state index is -4.26. The fourth-order valence-electron chi connectivity index (χ4n) is 11.3. The lowest BCUT2D eigenvalue weighted by molar-refractivity contribution is -0.259. The van der Waals surface area contributed by atoms with E-state index in [1.54, 1.807) is 55.3 Å². The fourth-order valence-corrected chi connectivity index (χ4v) is 13.0. The molecular weight excluding hydrogens is 1220 g/mol. The number of nitrogens with two attached hydrogens (primary N) is 1. The van der Waals surface area contributed by atoms with Crippen molar-refractivity contribution in [1.82, 2.24) is 44.1 Å². The molecule has 1 aliphatic carbocycles. The minimum Gasteiger partial charge on any atom is -0.497 e. The van der Waals surface area contributed by atoms with Crippen LogP contribution in [0.5, 0.6) is 11.5 Å². The van der Waals surface area contributed by atoms with E-state index >= 15 is 0 Å². The van der Waals surface area contributed by atoms with Crippen LogP contribution in [0.25, 0.3) is 22.3 Å². The Labute approximate surface area is 522 Å². The van der Waals surface area contributed by atoms with E-state index in [0.29, 0.717) is 28.1 Å². The van der Waals surface area contributed by atoms with Gasteiger partial charge in [0.1, 0.15) is 84.0 Å². The molecule has 1 saturated carbocycles. The van der Waals surface area contributed by atoms with Crippen molar-refractivity contribution in [2.75, 3.05) is 25.3 Å². The maximum Gasteiger partial charge on any atom is 0.459 e. The van der Waals surface area contributed by atoms with Gasteiger partial charge in [0.2, 0.25) is 0 Å². The number of nitrogen functional groups attached to an aromatic ring is 1. The molecule has 8 aromatic rings. The fraction of sp³-hybridized carbons (Fsp3) is 0.417. The quantitative estimate of drug-likeness (QED) is 0.0251. The maximum absolute atomic E-state index is 14.1. The van der Waals surface area contributed by atoms with Gasteiger partial charge in [0.05, 0.1) is 32.0 Å². The Bertz CT molecular complexity index is 3560. The monoisotopic (exact) mass is 1300 g/mol. The molecule has 3 saturated heterocycles. The van der Waals surface area contributed by atoms with Gasteiger partial charge in [0.15, 0.2) is 40.9 Å². The summed E-state index contributed by atoms with van der Waals surface area (Å²) >= 11 is 0. The number of aliphatic hydroxyl groups is 3. The number of methoxy groups -OCH3 is 2. The van der Waals surface area contributed by atoms with Crippen LogP contribution in [-0.4, -0.2) is 142 Å². The van der Waals surface area contributed by atoms with Crippen molar-refractivity contribution in [3.05, 3.63) is 157 Å². The number of anilines is 2. The number of esters is 1. The second-order valence-electron chi connectivity index (χ2n) is 21.3. The second kappa shape index (κ2) is 30.3. The van der Waals surface area contributed by atoms with E-state index in [2.05, 4.69) is 84.6 Å². The lowest BCUT2D eigenvalue weighted by Crippen LogP contribution is -2.41. The normalized spacial score (nSPS) is 24.1. The molecule has 3 aliphatic heterocycles. The highest BCUT2D eigenvalue weighted by atomic mass is 32.4. The van der Waals surface area contributed by atoms with Gasteiger partial charge in [-0.1, -0.05) is 113 Å². The molecule has 15 atom stereocenters. The third-order valence-electron chi connectivity index (χ3n) is 15.5. The minimum absolute atomic E-state index is 0. The van der Waals surface area contributed by atoms with E-state index in [-0.39, 0.29) is 25.1 Å². The summed E-state index contributed by atoms with van der Waals surface area (Å²) in [5.41, 5.74) is 9.68. The largest absolute Gasteiger partial charge is 0.497 e. The number of aliphatic hydroxyl groups excluding tert-OH is 3. The molecule has 25 nitrogen and oxygen atoms in total. The van der Waals surface area contributed by atoms with E-state index in [1.165, 1.54) is 44.5 Å². The van der Waals surface area contributed by atoms with Crippen molar-refractivity contribution < 1.29 is 66.9 Å². The van der Waals surface area contributed by atoms with Gasteiger partial charge in [-0.25, -0.2) is 34.5 Å². The number of ether oxygens (including phenoxy) is 7. The first kappa shape index (κ1) is 67.2. The van der Waals surface area contributed by atoms with Gasteiger partial charge in [-0.2, -0.15) is 5.09 Å². The number of nitrogens with one attached hydrogen (secondary N) is 2. The topological polar surface area (TPSA) is 315 Å². The molecule has 7 N–H and O–H groups in total. The van der Waals surface area contributed by atoms with E-state index in [4.69, 9.17) is 57.9 Å². The van der Waals surface area contributed by atoms with Crippen LogP contribution in [0.3, 0.4) is 0 Å². The molecule has 29 heteroatoms. The van der Waals surface area contributed by atoms with Crippen molar-refractivity contribution in [2.24, 2.45) is 0 Å². The van der Waals surface area contributed by atoms with E-state index < -0.39 is 93.1 Å². The number of hydrogen-bond donors (Lipinski definition) is 6. The summed E-state index contributed by atoms with van der Waals surface area (Å²) in [4.78, 5) is 39.1. The van der Waals surface area contributed by atoms with Gasteiger partial charge >= 0.3 is 13.7 Å². The third kappa shape index (κ3) is 14.8. The Morgan fingerprint density at radius 1 is 0.708 bits per heavy atom. The summed E-state index contributed by atoms with van der Waals surface area (Å²) in [7, 11) is 4.95. The number of benzene rings is 4. The predicted octanol–water partition coefficient (Wildman–Crippen LogP) is 8.59. The van der Waals surface area contributed by atoms with E-state index in [0.717, 1.165) is 62.5 Å². The first-order valence-corrected chi connectivity index (χ1v) is 34.8. The number of nitrogens with zero attached hydrogens (tertiary/aromatic N) is 8. The molecule has 4 aromatic heterocycles. The molecule has 4 unspecified atom stereocenters. The summed E-state index contributed by atoms with van der Waals surface area (Å²) in [6, 6.07) is 35.7. The van der Waals surface area contributed by atoms with Crippen LogP contribution >= 0.6 is 33.6 Å². The summed E-state index contributed by atoms with van der Waals surface area (Å²) in [5.74, 6) is 1.09. The molecule has 12 rings (SSSR count). The van der Waals surface area contributed by atoms with Crippen LogP contribution in [-0.2, 0) is 47.8 Å². The number of imidazole rings is 2. The first-order valence-electron chi connectivity index (χ1n) is 28.6. The number of para-hydroxylation sites is 1. The Morgan fingerprint density at radius 2 is 1.26 bits per heavy atom. The molecule has 89 heavy (non-hydrogen) atoms. The third-order valence-corrected chi connectivity index (χ3v) is 17.3.